The second-order valence-corrected chi connectivity index (χ2v) is 6.88. The van der Waals surface area contributed by atoms with Gasteiger partial charge < -0.3 is 4.90 Å². The van der Waals surface area contributed by atoms with Crippen molar-refractivity contribution < 1.29 is 18.0 Å². The summed E-state index contributed by atoms with van der Waals surface area (Å²) in [5.74, 6) is -0.0241. The molecule has 142 valence electrons. The zero-order valence-corrected chi connectivity index (χ0v) is 14.8. The van der Waals surface area contributed by atoms with Gasteiger partial charge in [0.05, 0.1) is 17.8 Å². The highest BCUT2D eigenvalue weighted by Crippen LogP contribution is 2.29. The predicted molar refractivity (Wildman–Crippen MR) is 91.6 cm³/mol. The Balaban J connectivity index is 1.55. The van der Waals surface area contributed by atoms with Gasteiger partial charge in [-0.1, -0.05) is 11.6 Å². The Morgan fingerprint density at radius 1 is 1.26 bits per heavy atom. The van der Waals surface area contributed by atoms with E-state index in [-0.39, 0.29) is 24.3 Å². The summed E-state index contributed by atoms with van der Waals surface area (Å²) in [6, 6.07) is 4.01. The predicted octanol–water partition coefficient (Wildman–Crippen LogP) is 3.68. The normalized spacial score (nSPS) is 18.2. The van der Waals surface area contributed by atoms with Crippen LogP contribution in [0.5, 0.6) is 0 Å². The summed E-state index contributed by atoms with van der Waals surface area (Å²) in [5.41, 5.74) is -0.233. The molecule has 0 saturated carbocycles. The van der Waals surface area contributed by atoms with Crippen molar-refractivity contribution in [2.24, 2.45) is 0 Å². The molecule has 0 N–H and O–H groups in total. The van der Waals surface area contributed by atoms with Gasteiger partial charge in [0, 0.05) is 30.5 Å². The van der Waals surface area contributed by atoms with Gasteiger partial charge >= 0.3 is 6.18 Å². The molecule has 0 bridgehead atoms. The van der Waals surface area contributed by atoms with E-state index >= 15 is 0 Å². The van der Waals surface area contributed by atoms with Gasteiger partial charge in [0.2, 0.25) is 5.82 Å². The third kappa shape index (κ3) is 3.39. The second kappa shape index (κ2) is 6.56. The molecule has 0 aromatic carbocycles. The zero-order chi connectivity index (χ0) is 19.2. The first-order chi connectivity index (χ1) is 12.8. The lowest BCUT2D eigenvalue weighted by atomic mass is 10.1. The smallest absolute Gasteiger partial charge is 0.334 e. The summed E-state index contributed by atoms with van der Waals surface area (Å²) in [6.45, 7) is 0.797. The van der Waals surface area contributed by atoms with Crippen molar-refractivity contribution in [1.82, 2.24) is 24.1 Å². The summed E-state index contributed by atoms with van der Waals surface area (Å²) in [6.07, 6.45) is 1.39. The Bertz CT molecular complexity index is 996. The molecule has 0 radical (unpaired) electrons. The molecule has 0 aliphatic carbocycles. The molecule has 4 heterocycles. The first-order valence-corrected chi connectivity index (χ1v) is 8.75. The Morgan fingerprint density at radius 3 is 2.81 bits per heavy atom. The standard InChI is InChI=1S/C17H15ClF3N5O/c18-11-3-6-25-13(8-11)9-22-15(25)16(27)24-5-1-2-12(10-24)26-7-4-14(23-26)17(19,20)21/h3-4,6-9,12H,1-2,5,10H2. The van der Waals surface area contributed by atoms with Crippen LogP contribution in [-0.2, 0) is 6.18 Å². The highest BCUT2D eigenvalue weighted by molar-refractivity contribution is 6.30. The Hall–Kier alpha value is -2.55. The number of aromatic nitrogens is 4. The third-order valence-electron chi connectivity index (χ3n) is 4.64. The van der Waals surface area contributed by atoms with Crippen LogP contribution in [0.4, 0.5) is 13.2 Å². The molecule has 3 aromatic heterocycles. The van der Waals surface area contributed by atoms with Crippen molar-refractivity contribution in [1.29, 1.82) is 0 Å². The molecule has 1 aliphatic rings. The first-order valence-electron chi connectivity index (χ1n) is 8.37. The van der Waals surface area contributed by atoms with E-state index in [9.17, 15) is 18.0 Å². The molecular formula is C17H15ClF3N5O. The lowest BCUT2D eigenvalue weighted by molar-refractivity contribution is -0.141. The maximum absolute atomic E-state index is 12.9. The van der Waals surface area contributed by atoms with Crippen molar-refractivity contribution in [2.75, 3.05) is 13.1 Å². The molecule has 3 aromatic rings. The number of amides is 1. The summed E-state index contributed by atoms with van der Waals surface area (Å²) in [4.78, 5) is 18.7. The van der Waals surface area contributed by atoms with Crippen LogP contribution in [0, 0.1) is 0 Å². The van der Waals surface area contributed by atoms with Crippen molar-refractivity contribution in [2.45, 2.75) is 25.1 Å². The number of nitrogens with zero attached hydrogens (tertiary/aromatic N) is 5. The molecule has 0 spiro atoms. The van der Waals surface area contributed by atoms with Crippen LogP contribution in [0.2, 0.25) is 5.02 Å². The maximum Gasteiger partial charge on any atom is 0.435 e. The molecule has 6 nitrogen and oxygen atoms in total. The number of hydrogen-bond donors (Lipinski definition) is 0. The van der Waals surface area contributed by atoms with Crippen LogP contribution >= 0.6 is 11.6 Å². The number of carbonyl (C=O) groups is 1. The van der Waals surface area contributed by atoms with Crippen LogP contribution in [0.25, 0.3) is 5.52 Å². The van der Waals surface area contributed by atoms with Gasteiger partial charge in [0.25, 0.3) is 5.91 Å². The minimum atomic E-state index is -4.48. The number of carbonyl (C=O) groups excluding carboxylic acids is 1. The van der Waals surface area contributed by atoms with E-state index in [1.807, 2.05) is 0 Å². The first kappa shape index (κ1) is 17.8. The number of rotatable bonds is 2. The van der Waals surface area contributed by atoms with Gasteiger partial charge in [-0.3, -0.25) is 13.9 Å². The average molecular weight is 398 g/mol. The Morgan fingerprint density at radius 2 is 2.07 bits per heavy atom. The number of hydrogen-bond acceptors (Lipinski definition) is 3. The van der Waals surface area contributed by atoms with Gasteiger partial charge in [0.15, 0.2) is 5.69 Å². The molecule has 1 saturated heterocycles. The van der Waals surface area contributed by atoms with Gasteiger partial charge in [-0.15, -0.1) is 0 Å². The fourth-order valence-corrected chi connectivity index (χ4v) is 3.49. The molecule has 1 aliphatic heterocycles. The highest BCUT2D eigenvalue weighted by Gasteiger charge is 2.35. The summed E-state index contributed by atoms with van der Waals surface area (Å²) in [5, 5.41) is 4.18. The molecule has 1 amide bonds. The molecule has 1 atom stereocenters. The van der Waals surface area contributed by atoms with Crippen LogP contribution in [0.1, 0.15) is 35.2 Å². The maximum atomic E-state index is 12.9. The largest absolute Gasteiger partial charge is 0.435 e. The highest BCUT2D eigenvalue weighted by atomic mass is 35.5. The lowest BCUT2D eigenvalue weighted by Gasteiger charge is -2.32. The molecule has 1 fully saturated rings. The Kier molecular flexibility index (Phi) is 4.33. The van der Waals surface area contributed by atoms with E-state index in [1.54, 1.807) is 33.8 Å². The van der Waals surface area contributed by atoms with Crippen molar-refractivity contribution in [3.05, 3.63) is 53.3 Å². The molecule has 10 heteroatoms. The van der Waals surface area contributed by atoms with E-state index in [2.05, 4.69) is 10.1 Å². The minimum Gasteiger partial charge on any atom is -0.334 e. The van der Waals surface area contributed by atoms with Crippen LogP contribution in [-0.4, -0.2) is 43.1 Å². The quantitative estimate of drug-likeness (QED) is 0.663. The number of halogens is 4. The number of pyridine rings is 1. The van der Waals surface area contributed by atoms with E-state index < -0.39 is 11.9 Å². The number of piperidine rings is 1. The third-order valence-corrected chi connectivity index (χ3v) is 4.88. The van der Waals surface area contributed by atoms with Crippen molar-refractivity contribution >= 4 is 23.0 Å². The second-order valence-electron chi connectivity index (χ2n) is 6.45. The van der Waals surface area contributed by atoms with Crippen molar-refractivity contribution in [3.63, 3.8) is 0 Å². The molecular weight excluding hydrogens is 383 g/mol. The average Bonchev–Trinajstić information content (AvgIpc) is 3.28. The molecule has 4 rings (SSSR count). The van der Waals surface area contributed by atoms with Gasteiger partial charge in [-0.2, -0.15) is 18.3 Å². The minimum absolute atomic E-state index is 0.249. The number of imidazole rings is 1. The van der Waals surface area contributed by atoms with E-state index in [0.29, 0.717) is 29.9 Å². The van der Waals surface area contributed by atoms with Crippen LogP contribution in [0.15, 0.2) is 36.8 Å². The van der Waals surface area contributed by atoms with E-state index in [4.69, 9.17) is 11.6 Å². The number of fused-ring (bicyclic) bond motifs is 1. The van der Waals surface area contributed by atoms with Gasteiger partial charge in [-0.05, 0) is 31.0 Å². The number of alkyl halides is 3. The monoisotopic (exact) mass is 397 g/mol. The summed E-state index contributed by atoms with van der Waals surface area (Å²) < 4.78 is 41.3. The fourth-order valence-electron chi connectivity index (χ4n) is 3.32. The summed E-state index contributed by atoms with van der Waals surface area (Å²) >= 11 is 5.95. The van der Waals surface area contributed by atoms with E-state index in [1.165, 1.54) is 10.9 Å². The lowest BCUT2D eigenvalue weighted by Crippen LogP contribution is -2.41. The molecule has 1 unspecified atom stereocenters. The molecule has 27 heavy (non-hydrogen) atoms. The number of likely N-dealkylation sites (tertiary alicyclic amines) is 1. The Labute approximate surface area is 157 Å². The SMILES string of the molecule is O=C(c1ncc2cc(Cl)ccn12)N1CCCC(n2ccc(C(F)(F)F)n2)C1. The van der Waals surface area contributed by atoms with Crippen LogP contribution < -0.4 is 0 Å². The zero-order valence-electron chi connectivity index (χ0n) is 14.0. The topological polar surface area (TPSA) is 55.4 Å². The van der Waals surface area contributed by atoms with E-state index in [0.717, 1.165) is 6.07 Å². The van der Waals surface area contributed by atoms with Crippen molar-refractivity contribution in [3.8, 4) is 0 Å². The summed E-state index contributed by atoms with van der Waals surface area (Å²) in [7, 11) is 0. The van der Waals surface area contributed by atoms with Gasteiger partial charge in [-0.25, -0.2) is 4.98 Å². The fraction of sp³-hybridized carbons (Fsp3) is 0.353. The van der Waals surface area contributed by atoms with Crippen LogP contribution in [0.3, 0.4) is 0 Å². The van der Waals surface area contributed by atoms with Gasteiger partial charge in [0.1, 0.15) is 0 Å².